The molecule has 1 amide bonds. The number of aromatic nitrogens is 1. The highest BCUT2D eigenvalue weighted by atomic mass is 79.9. The second-order valence-corrected chi connectivity index (χ2v) is 4.63. The van der Waals surface area contributed by atoms with Gasteiger partial charge in [-0.15, -0.1) is 0 Å². The van der Waals surface area contributed by atoms with Crippen LogP contribution in [0.2, 0.25) is 0 Å². The van der Waals surface area contributed by atoms with Crippen LogP contribution in [0.15, 0.2) is 47.2 Å². The van der Waals surface area contributed by atoms with Gasteiger partial charge in [-0.05, 0) is 29.8 Å². The minimum atomic E-state index is -0.469. The number of benzene rings is 1. The molecule has 1 aromatic carbocycles. The number of nitrogens with one attached hydrogen (secondary N) is 1. The predicted molar refractivity (Wildman–Crippen MR) is 70.7 cm³/mol. The molecule has 1 aromatic heterocycles. The molecule has 92 valence electrons. The second-order valence-electron chi connectivity index (χ2n) is 3.71. The van der Waals surface area contributed by atoms with Crippen molar-refractivity contribution in [3.63, 3.8) is 0 Å². The molecule has 3 nitrogen and oxygen atoms in total. The fraction of sp³-hybridized carbons (Fsp3) is 0.0769. The number of hydrogen-bond donors (Lipinski definition) is 1. The van der Waals surface area contributed by atoms with Gasteiger partial charge in [0.15, 0.2) is 0 Å². The third-order valence-corrected chi connectivity index (χ3v) is 2.79. The van der Waals surface area contributed by atoms with Gasteiger partial charge in [0.2, 0.25) is 5.91 Å². The lowest BCUT2D eigenvalue weighted by molar-refractivity contribution is -0.115. The lowest BCUT2D eigenvalue weighted by Crippen LogP contribution is -2.15. The summed E-state index contributed by atoms with van der Waals surface area (Å²) in [6.07, 6.45) is 3.41. The van der Waals surface area contributed by atoms with Crippen molar-refractivity contribution in [3.05, 3.63) is 58.6 Å². The molecule has 0 aliphatic carbocycles. The average molecular weight is 309 g/mol. The molecular formula is C13H10BrFN2O. The Kier molecular flexibility index (Phi) is 4.04. The summed E-state index contributed by atoms with van der Waals surface area (Å²) in [6.45, 7) is 0. The summed E-state index contributed by atoms with van der Waals surface area (Å²) in [4.78, 5) is 15.6. The highest BCUT2D eigenvalue weighted by molar-refractivity contribution is 9.10. The fourth-order valence-electron chi connectivity index (χ4n) is 1.47. The molecule has 0 radical (unpaired) electrons. The normalized spacial score (nSPS) is 10.1. The first-order chi connectivity index (χ1) is 8.65. The van der Waals surface area contributed by atoms with Crippen LogP contribution in [0.25, 0.3) is 0 Å². The number of carbonyl (C=O) groups is 1. The summed E-state index contributed by atoms with van der Waals surface area (Å²) in [5.74, 6) is -0.742. The Hall–Kier alpha value is -1.75. The van der Waals surface area contributed by atoms with E-state index < -0.39 is 5.82 Å². The number of carbonyl (C=O) groups excluding carboxylic acids is 1. The molecule has 0 saturated heterocycles. The molecule has 0 aliphatic rings. The van der Waals surface area contributed by atoms with Crippen molar-refractivity contribution in [1.29, 1.82) is 0 Å². The maximum absolute atomic E-state index is 13.5. The molecule has 0 atom stereocenters. The van der Waals surface area contributed by atoms with E-state index in [0.29, 0.717) is 4.47 Å². The Morgan fingerprint density at radius 1 is 1.39 bits per heavy atom. The molecule has 2 aromatic rings. The number of pyridine rings is 1. The third-order valence-electron chi connectivity index (χ3n) is 2.29. The van der Waals surface area contributed by atoms with Crippen molar-refractivity contribution in [2.75, 3.05) is 5.32 Å². The van der Waals surface area contributed by atoms with E-state index in [1.54, 1.807) is 30.6 Å². The van der Waals surface area contributed by atoms with Gasteiger partial charge < -0.3 is 5.32 Å². The molecule has 5 heteroatoms. The van der Waals surface area contributed by atoms with Crippen LogP contribution >= 0.6 is 15.9 Å². The molecular weight excluding hydrogens is 299 g/mol. The minimum absolute atomic E-state index is 0.170. The maximum atomic E-state index is 13.5. The summed E-state index contributed by atoms with van der Waals surface area (Å²) in [5.41, 5.74) is 0.958. The number of hydrogen-bond acceptors (Lipinski definition) is 2. The predicted octanol–water partition coefficient (Wildman–Crippen LogP) is 3.16. The molecule has 0 bridgehead atoms. The van der Waals surface area contributed by atoms with Gasteiger partial charge in [-0.3, -0.25) is 9.78 Å². The summed E-state index contributed by atoms with van der Waals surface area (Å²) in [5, 5.41) is 2.52. The van der Waals surface area contributed by atoms with E-state index in [9.17, 15) is 9.18 Å². The van der Waals surface area contributed by atoms with Crippen LogP contribution in [0.1, 0.15) is 5.56 Å². The van der Waals surface area contributed by atoms with Gasteiger partial charge in [0.05, 0.1) is 12.1 Å². The quantitative estimate of drug-likeness (QED) is 0.946. The fourth-order valence-corrected chi connectivity index (χ4v) is 1.81. The van der Waals surface area contributed by atoms with Crippen molar-refractivity contribution in [1.82, 2.24) is 4.98 Å². The van der Waals surface area contributed by atoms with E-state index in [2.05, 4.69) is 26.2 Å². The van der Waals surface area contributed by atoms with E-state index in [1.807, 2.05) is 0 Å². The summed E-state index contributed by atoms with van der Waals surface area (Å²) < 4.78 is 14.1. The average Bonchev–Trinajstić information content (AvgIpc) is 2.34. The molecule has 0 aliphatic heterocycles. The first kappa shape index (κ1) is 12.7. The standard InChI is InChI=1S/C13H10BrFN2O/c14-10-3-4-12(11(15)7-10)17-13(18)6-9-2-1-5-16-8-9/h1-5,7-8H,6H2,(H,17,18). The summed E-state index contributed by atoms with van der Waals surface area (Å²) in [6, 6.07) is 8.04. The van der Waals surface area contributed by atoms with Gasteiger partial charge in [0, 0.05) is 16.9 Å². The van der Waals surface area contributed by atoms with E-state index in [-0.39, 0.29) is 18.0 Å². The topological polar surface area (TPSA) is 42.0 Å². The molecule has 0 saturated carbocycles. The Bertz CT molecular complexity index is 560. The van der Waals surface area contributed by atoms with Crippen LogP contribution in [0.3, 0.4) is 0 Å². The molecule has 0 spiro atoms. The highest BCUT2D eigenvalue weighted by Gasteiger charge is 2.08. The number of halogens is 2. The zero-order valence-electron chi connectivity index (χ0n) is 9.36. The first-order valence-electron chi connectivity index (χ1n) is 5.29. The number of amides is 1. The van der Waals surface area contributed by atoms with Crippen molar-refractivity contribution >= 4 is 27.5 Å². The molecule has 2 rings (SSSR count). The lowest BCUT2D eigenvalue weighted by atomic mass is 10.2. The third kappa shape index (κ3) is 3.37. The van der Waals surface area contributed by atoms with Crippen molar-refractivity contribution in [3.8, 4) is 0 Å². The first-order valence-corrected chi connectivity index (χ1v) is 6.08. The molecule has 1 heterocycles. The summed E-state index contributed by atoms with van der Waals surface area (Å²) in [7, 11) is 0. The molecule has 1 N–H and O–H groups in total. The van der Waals surface area contributed by atoms with Crippen LogP contribution < -0.4 is 5.32 Å². The molecule has 0 fully saturated rings. The van der Waals surface area contributed by atoms with Crippen molar-refractivity contribution < 1.29 is 9.18 Å². The zero-order valence-corrected chi connectivity index (χ0v) is 10.9. The number of nitrogens with zero attached hydrogens (tertiary/aromatic N) is 1. The van der Waals surface area contributed by atoms with Gasteiger partial charge in [0.1, 0.15) is 5.82 Å². The highest BCUT2D eigenvalue weighted by Crippen LogP contribution is 2.19. The maximum Gasteiger partial charge on any atom is 0.228 e. The van der Waals surface area contributed by atoms with E-state index in [1.165, 1.54) is 12.1 Å². The zero-order chi connectivity index (χ0) is 13.0. The van der Waals surface area contributed by atoms with Crippen LogP contribution in [-0.2, 0) is 11.2 Å². The Morgan fingerprint density at radius 2 is 2.22 bits per heavy atom. The SMILES string of the molecule is O=C(Cc1cccnc1)Nc1ccc(Br)cc1F. The van der Waals surface area contributed by atoms with Crippen molar-refractivity contribution in [2.24, 2.45) is 0 Å². The van der Waals surface area contributed by atoms with E-state index >= 15 is 0 Å². The number of anilines is 1. The van der Waals surface area contributed by atoms with Gasteiger partial charge in [0.25, 0.3) is 0 Å². The smallest absolute Gasteiger partial charge is 0.228 e. The Labute approximate surface area is 112 Å². The lowest BCUT2D eigenvalue weighted by Gasteiger charge is -2.06. The number of rotatable bonds is 3. The second kappa shape index (κ2) is 5.73. The van der Waals surface area contributed by atoms with Gasteiger partial charge in [-0.1, -0.05) is 22.0 Å². The molecule has 0 unspecified atom stereocenters. The van der Waals surface area contributed by atoms with Crippen LogP contribution in [0.4, 0.5) is 10.1 Å². The van der Waals surface area contributed by atoms with Crippen molar-refractivity contribution in [2.45, 2.75) is 6.42 Å². The minimum Gasteiger partial charge on any atom is -0.323 e. The van der Waals surface area contributed by atoms with Crippen LogP contribution in [-0.4, -0.2) is 10.9 Å². The van der Waals surface area contributed by atoms with E-state index in [0.717, 1.165) is 5.56 Å². The van der Waals surface area contributed by atoms with Gasteiger partial charge >= 0.3 is 0 Å². The van der Waals surface area contributed by atoms with Gasteiger partial charge in [-0.25, -0.2) is 4.39 Å². The van der Waals surface area contributed by atoms with Gasteiger partial charge in [-0.2, -0.15) is 0 Å². The largest absolute Gasteiger partial charge is 0.323 e. The molecule has 18 heavy (non-hydrogen) atoms. The van der Waals surface area contributed by atoms with E-state index in [4.69, 9.17) is 0 Å². The van der Waals surface area contributed by atoms with Crippen LogP contribution in [0.5, 0.6) is 0 Å². The monoisotopic (exact) mass is 308 g/mol. The Morgan fingerprint density at radius 3 is 2.89 bits per heavy atom. The Balaban J connectivity index is 2.03. The summed E-state index contributed by atoms with van der Waals surface area (Å²) >= 11 is 3.16. The van der Waals surface area contributed by atoms with Crippen LogP contribution in [0, 0.1) is 5.82 Å².